The number of rotatable bonds is 8. The first kappa shape index (κ1) is 24.9. The lowest BCUT2D eigenvalue weighted by Gasteiger charge is -2.31. The Morgan fingerprint density at radius 3 is 2.28 bits per heavy atom. The molecular formula is C28H27FN2O5. The highest BCUT2D eigenvalue weighted by Gasteiger charge is 2.28. The molecule has 0 aromatic heterocycles. The van der Waals surface area contributed by atoms with Crippen molar-refractivity contribution >= 4 is 23.5 Å². The molecule has 1 N–H and O–H groups in total. The van der Waals surface area contributed by atoms with Crippen molar-refractivity contribution in [1.82, 2.24) is 4.90 Å². The van der Waals surface area contributed by atoms with Crippen molar-refractivity contribution < 1.29 is 28.2 Å². The Labute approximate surface area is 208 Å². The van der Waals surface area contributed by atoms with E-state index in [2.05, 4.69) is 5.32 Å². The highest BCUT2D eigenvalue weighted by Crippen LogP contribution is 2.22. The smallest absolute Gasteiger partial charge is 0.342 e. The third-order valence-corrected chi connectivity index (χ3v) is 6.00. The lowest BCUT2D eigenvalue weighted by atomic mass is 9.95. The van der Waals surface area contributed by atoms with Gasteiger partial charge in [-0.1, -0.05) is 42.5 Å². The number of carbonyl (C=O) groups excluding carboxylic acids is 3. The lowest BCUT2D eigenvalue weighted by Crippen LogP contribution is -2.43. The van der Waals surface area contributed by atoms with E-state index in [1.54, 1.807) is 41.3 Å². The summed E-state index contributed by atoms with van der Waals surface area (Å²) in [5, 5.41) is 2.90. The first-order valence-electron chi connectivity index (χ1n) is 11.8. The van der Waals surface area contributed by atoms with Crippen molar-refractivity contribution in [1.29, 1.82) is 0 Å². The molecule has 186 valence electrons. The summed E-state index contributed by atoms with van der Waals surface area (Å²) in [7, 11) is 0. The highest BCUT2D eigenvalue weighted by atomic mass is 19.1. The third-order valence-electron chi connectivity index (χ3n) is 6.00. The minimum atomic E-state index is -0.671. The van der Waals surface area contributed by atoms with Gasteiger partial charge >= 0.3 is 5.97 Å². The molecule has 0 aliphatic carbocycles. The molecule has 8 heteroatoms. The molecule has 1 heterocycles. The molecule has 1 fully saturated rings. The minimum Gasteiger partial charge on any atom is -0.488 e. The normalized spacial score (nSPS) is 13.6. The maximum absolute atomic E-state index is 13.1. The van der Waals surface area contributed by atoms with E-state index in [4.69, 9.17) is 9.47 Å². The van der Waals surface area contributed by atoms with Crippen molar-refractivity contribution in [2.75, 3.05) is 25.0 Å². The van der Waals surface area contributed by atoms with Crippen LogP contribution in [0.25, 0.3) is 0 Å². The number of nitrogens with one attached hydrogen (secondary N) is 1. The van der Waals surface area contributed by atoms with Crippen LogP contribution in [0.2, 0.25) is 0 Å². The number of benzene rings is 3. The molecule has 0 atom stereocenters. The van der Waals surface area contributed by atoms with Crippen LogP contribution in [0.15, 0.2) is 78.9 Å². The van der Waals surface area contributed by atoms with Crippen LogP contribution in [-0.2, 0) is 20.9 Å². The van der Waals surface area contributed by atoms with Crippen LogP contribution < -0.4 is 10.1 Å². The van der Waals surface area contributed by atoms with Gasteiger partial charge in [0.05, 0.1) is 0 Å². The van der Waals surface area contributed by atoms with Crippen LogP contribution in [-0.4, -0.2) is 42.4 Å². The number of nitrogens with zero attached hydrogens (tertiary/aromatic N) is 1. The largest absolute Gasteiger partial charge is 0.488 e. The number of carbonyl (C=O) groups is 3. The molecule has 0 spiro atoms. The fraction of sp³-hybridized carbons (Fsp3) is 0.250. The third kappa shape index (κ3) is 6.69. The monoisotopic (exact) mass is 490 g/mol. The topological polar surface area (TPSA) is 84.9 Å². The van der Waals surface area contributed by atoms with Gasteiger partial charge in [-0.05, 0) is 54.8 Å². The zero-order valence-corrected chi connectivity index (χ0v) is 19.7. The van der Waals surface area contributed by atoms with E-state index in [0.717, 1.165) is 11.3 Å². The van der Waals surface area contributed by atoms with Crippen molar-refractivity contribution in [3.05, 3.63) is 95.8 Å². The summed E-state index contributed by atoms with van der Waals surface area (Å²) >= 11 is 0. The molecule has 7 nitrogen and oxygen atoms in total. The van der Waals surface area contributed by atoms with Crippen LogP contribution in [0.3, 0.4) is 0 Å². The summed E-state index contributed by atoms with van der Waals surface area (Å²) < 4.78 is 24.1. The molecule has 1 aliphatic heterocycles. The number of piperidine rings is 1. The Morgan fingerprint density at radius 1 is 0.889 bits per heavy atom. The number of halogens is 1. The van der Waals surface area contributed by atoms with Gasteiger partial charge in [0.2, 0.25) is 5.91 Å². The van der Waals surface area contributed by atoms with Crippen molar-refractivity contribution in [2.45, 2.75) is 19.4 Å². The molecule has 3 aromatic rings. The van der Waals surface area contributed by atoms with Crippen LogP contribution in [0.4, 0.5) is 10.1 Å². The Bertz CT molecular complexity index is 1190. The molecule has 0 unspecified atom stereocenters. The molecule has 4 rings (SSSR count). The van der Waals surface area contributed by atoms with E-state index in [9.17, 15) is 18.8 Å². The Balaban J connectivity index is 1.24. The zero-order chi connectivity index (χ0) is 25.3. The molecule has 0 bridgehead atoms. The summed E-state index contributed by atoms with van der Waals surface area (Å²) in [4.78, 5) is 39.4. The van der Waals surface area contributed by atoms with Crippen molar-refractivity contribution in [3.8, 4) is 5.75 Å². The number of ether oxygens (including phenoxy) is 2. The SMILES string of the molecule is O=C(OCC(=O)N1CCC(C(=O)Nc2ccccc2)CC1)c1ccccc1OCc1ccc(F)cc1. The maximum Gasteiger partial charge on any atom is 0.342 e. The number of hydrogen-bond acceptors (Lipinski definition) is 5. The number of hydrogen-bond donors (Lipinski definition) is 1. The summed E-state index contributed by atoms with van der Waals surface area (Å²) in [5.41, 5.74) is 1.69. The van der Waals surface area contributed by atoms with E-state index < -0.39 is 12.6 Å². The van der Waals surface area contributed by atoms with Gasteiger partial charge in [0.1, 0.15) is 23.7 Å². The second-order valence-electron chi connectivity index (χ2n) is 8.50. The van der Waals surface area contributed by atoms with Gasteiger partial charge in [-0.2, -0.15) is 0 Å². The van der Waals surface area contributed by atoms with Crippen molar-refractivity contribution in [3.63, 3.8) is 0 Å². The minimum absolute atomic E-state index is 0.0584. The van der Waals surface area contributed by atoms with Gasteiger partial charge in [0.25, 0.3) is 5.91 Å². The van der Waals surface area contributed by atoms with Crippen LogP contribution in [0, 0.1) is 11.7 Å². The van der Waals surface area contributed by atoms with Gasteiger partial charge < -0.3 is 19.7 Å². The number of amides is 2. The average molecular weight is 491 g/mol. The molecule has 36 heavy (non-hydrogen) atoms. The van der Waals surface area contributed by atoms with E-state index in [-0.39, 0.29) is 35.7 Å². The molecule has 0 radical (unpaired) electrons. The second-order valence-corrected chi connectivity index (χ2v) is 8.50. The summed E-state index contributed by atoms with van der Waals surface area (Å²) in [6, 6.07) is 21.7. The highest BCUT2D eigenvalue weighted by molar-refractivity contribution is 5.94. The average Bonchev–Trinajstić information content (AvgIpc) is 2.92. The van der Waals surface area contributed by atoms with E-state index in [1.807, 2.05) is 30.3 Å². The fourth-order valence-corrected chi connectivity index (χ4v) is 3.96. The summed E-state index contributed by atoms with van der Waals surface area (Å²) in [6.45, 7) is 0.587. The number of para-hydroxylation sites is 2. The van der Waals surface area contributed by atoms with Crippen LogP contribution in [0.1, 0.15) is 28.8 Å². The number of likely N-dealkylation sites (tertiary alicyclic amines) is 1. The molecule has 0 saturated carbocycles. The van der Waals surface area contributed by atoms with Crippen molar-refractivity contribution in [2.24, 2.45) is 5.92 Å². The first-order valence-corrected chi connectivity index (χ1v) is 11.8. The molecule has 1 aliphatic rings. The maximum atomic E-state index is 13.1. The molecule has 2 amide bonds. The van der Waals surface area contributed by atoms with Gasteiger partial charge in [0, 0.05) is 24.7 Å². The first-order chi connectivity index (χ1) is 17.5. The van der Waals surface area contributed by atoms with E-state index >= 15 is 0 Å². The lowest BCUT2D eigenvalue weighted by molar-refractivity contribution is -0.137. The summed E-state index contributed by atoms with van der Waals surface area (Å²) in [5.74, 6) is -1.25. The number of esters is 1. The Hall–Kier alpha value is -4.20. The van der Waals surface area contributed by atoms with Crippen LogP contribution in [0.5, 0.6) is 5.75 Å². The second kappa shape index (κ2) is 12.0. The predicted octanol–water partition coefficient (Wildman–Crippen LogP) is 4.44. The van der Waals surface area contributed by atoms with Gasteiger partial charge in [-0.15, -0.1) is 0 Å². The zero-order valence-electron chi connectivity index (χ0n) is 19.7. The number of anilines is 1. The Morgan fingerprint density at radius 2 is 1.56 bits per heavy atom. The standard InChI is InChI=1S/C28H27FN2O5/c29-22-12-10-20(11-13-22)18-35-25-9-5-4-8-24(25)28(34)36-19-26(32)31-16-14-21(15-17-31)27(33)30-23-6-2-1-3-7-23/h1-13,21H,14-19H2,(H,30,33). The summed E-state index contributed by atoms with van der Waals surface area (Å²) in [6.07, 6.45) is 1.08. The van der Waals surface area contributed by atoms with E-state index in [0.29, 0.717) is 31.7 Å². The van der Waals surface area contributed by atoms with Gasteiger partial charge in [-0.25, -0.2) is 9.18 Å². The van der Waals surface area contributed by atoms with Gasteiger partial charge in [-0.3, -0.25) is 9.59 Å². The molecule has 3 aromatic carbocycles. The van der Waals surface area contributed by atoms with E-state index in [1.165, 1.54) is 12.1 Å². The molecular weight excluding hydrogens is 463 g/mol. The molecule has 1 saturated heterocycles. The van der Waals surface area contributed by atoms with Gasteiger partial charge in [0.15, 0.2) is 6.61 Å². The predicted molar refractivity (Wildman–Crippen MR) is 132 cm³/mol. The van der Waals surface area contributed by atoms with Crippen LogP contribution >= 0.6 is 0 Å². The fourth-order valence-electron chi connectivity index (χ4n) is 3.96. The Kier molecular flexibility index (Phi) is 8.28. The quantitative estimate of drug-likeness (QED) is 0.472.